The molecule has 1 saturated carbocycles. The normalized spacial score (nSPS) is 25.2. The van der Waals surface area contributed by atoms with Crippen molar-refractivity contribution in [3.05, 3.63) is 30.1 Å². The van der Waals surface area contributed by atoms with E-state index >= 15 is 0 Å². The number of nitrogens with one attached hydrogen (secondary N) is 1. The summed E-state index contributed by atoms with van der Waals surface area (Å²) in [6.07, 6.45) is 12.5. The van der Waals surface area contributed by atoms with E-state index in [1.165, 1.54) is 51.5 Å². The predicted molar refractivity (Wildman–Crippen MR) is 103 cm³/mol. The van der Waals surface area contributed by atoms with Crippen molar-refractivity contribution >= 4 is 6.03 Å². The van der Waals surface area contributed by atoms with Gasteiger partial charge in [0.15, 0.2) is 0 Å². The van der Waals surface area contributed by atoms with E-state index in [1.807, 2.05) is 23.2 Å². The summed E-state index contributed by atoms with van der Waals surface area (Å²) in [7, 11) is 0. The molecule has 2 aliphatic heterocycles. The number of amides is 2. The van der Waals surface area contributed by atoms with Crippen molar-refractivity contribution in [3.8, 4) is 0 Å². The van der Waals surface area contributed by atoms with Gasteiger partial charge in [0, 0.05) is 49.5 Å². The number of piperidine rings is 1. The minimum Gasteiger partial charge on any atom is -0.338 e. The number of hydrogen-bond acceptors (Lipinski definition) is 3. The Morgan fingerprint density at radius 2 is 1.92 bits per heavy atom. The number of carbonyl (C=O) groups is 1. The molecule has 4 rings (SSSR count). The van der Waals surface area contributed by atoms with Gasteiger partial charge in [0.25, 0.3) is 0 Å². The van der Waals surface area contributed by atoms with Crippen molar-refractivity contribution < 1.29 is 4.79 Å². The zero-order chi connectivity index (χ0) is 17.8. The Kier molecular flexibility index (Phi) is 5.73. The second-order valence-corrected chi connectivity index (χ2v) is 8.20. The fourth-order valence-corrected chi connectivity index (χ4v) is 4.96. The highest BCUT2D eigenvalue weighted by atomic mass is 16.2. The minimum atomic E-state index is 0.0976. The zero-order valence-electron chi connectivity index (χ0n) is 15.8. The molecule has 0 radical (unpaired) electrons. The zero-order valence-corrected chi connectivity index (χ0v) is 15.8. The number of likely N-dealkylation sites (tertiary alicyclic amines) is 2. The average Bonchev–Trinajstić information content (AvgIpc) is 3.16. The van der Waals surface area contributed by atoms with Crippen LogP contribution in [0.2, 0.25) is 0 Å². The molecule has 0 spiro atoms. The predicted octanol–water partition coefficient (Wildman–Crippen LogP) is 3.38. The van der Waals surface area contributed by atoms with Gasteiger partial charge in [0.1, 0.15) is 0 Å². The maximum Gasteiger partial charge on any atom is 0.317 e. The Labute approximate surface area is 157 Å². The minimum absolute atomic E-state index is 0.0976. The molecule has 1 N–H and O–H groups in total. The molecule has 0 bridgehead atoms. The molecular formula is C21H32N4O. The van der Waals surface area contributed by atoms with Crippen LogP contribution in [-0.4, -0.2) is 59.1 Å². The van der Waals surface area contributed by atoms with E-state index in [1.54, 1.807) is 0 Å². The van der Waals surface area contributed by atoms with Crippen molar-refractivity contribution in [1.82, 2.24) is 20.1 Å². The fraction of sp³-hybridized carbons (Fsp3) is 0.714. The molecule has 1 aliphatic carbocycles. The molecule has 0 unspecified atom stereocenters. The molecule has 3 heterocycles. The van der Waals surface area contributed by atoms with E-state index in [0.29, 0.717) is 12.0 Å². The van der Waals surface area contributed by atoms with Crippen LogP contribution in [-0.2, 0) is 0 Å². The van der Waals surface area contributed by atoms with Gasteiger partial charge in [-0.25, -0.2) is 4.79 Å². The molecule has 5 nitrogen and oxygen atoms in total. The SMILES string of the molecule is O=C(NCC[C@@H]1CCCCN1C1CCCC1)N1CC(c2ccccn2)C1. The lowest BCUT2D eigenvalue weighted by molar-refractivity contribution is 0.0904. The molecule has 1 atom stereocenters. The molecule has 1 aromatic rings. The van der Waals surface area contributed by atoms with Gasteiger partial charge in [-0.05, 0) is 50.8 Å². The standard InChI is InChI=1S/C21H32N4O/c26-21(24-15-17(16-24)20-10-3-5-12-22-20)23-13-11-19-9-4-6-14-25(19)18-7-1-2-8-18/h3,5,10,12,17-19H,1-2,4,6-9,11,13-16H2,(H,23,26)/t19-/m0/s1. The van der Waals surface area contributed by atoms with Crippen LogP contribution in [0.1, 0.15) is 63.0 Å². The highest BCUT2D eigenvalue weighted by molar-refractivity contribution is 5.75. The first-order chi connectivity index (χ1) is 12.8. The van der Waals surface area contributed by atoms with Gasteiger partial charge in [-0.2, -0.15) is 0 Å². The third-order valence-electron chi connectivity index (χ3n) is 6.49. The van der Waals surface area contributed by atoms with Gasteiger partial charge in [0.2, 0.25) is 0 Å². The smallest absolute Gasteiger partial charge is 0.317 e. The molecule has 1 aromatic heterocycles. The topological polar surface area (TPSA) is 48.5 Å². The van der Waals surface area contributed by atoms with Crippen LogP contribution < -0.4 is 5.32 Å². The first kappa shape index (κ1) is 17.8. The van der Waals surface area contributed by atoms with Crippen molar-refractivity contribution in [2.75, 3.05) is 26.2 Å². The van der Waals surface area contributed by atoms with E-state index in [9.17, 15) is 4.79 Å². The molecule has 3 aliphatic rings. The molecule has 26 heavy (non-hydrogen) atoms. The van der Waals surface area contributed by atoms with Crippen LogP contribution >= 0.6 is 0 Å². The van der Waals surface area contributed by atoms with E-state index in [-0.39, 0.29) is 6.03 Å². The Balaban J connectivity index is 1.19. The van der Waals surface area contributed by atoms with Crippen molar-refractivity contribution in [2.45, 2.75) is 69.4 Å². The van der Waals surface area contributed by atoms with Gasteiger partial charge < -0.3 is 10.2 Å². The van der Waals surface area contributed by atoms with E-state index < -0.39 is 0 Å². The summed E-state index contributed by atoms with van der Waals surface area (Å²) in [6, 6.07) is 7.59. The van der Waals surface area contributed by atoms with Gasteiger partial charge >= 0.3 is 6.03 Å². The molecule has 0 aromatic carbocycles. The second-order valence-electron chi connectivity index (χ2n) is 8.20. The van der Waals surface area contributed by atoms with Crippen LogP contribution in [0.15, 0.2) is 24.4 Å². The van der Waals surface area contributed by atoms with Gasteiger partial charge in [-0.1, -0.05) is 25.3 Å². The number of pyridine rings is 1. The second kappa shape index (κ2) is 8.38. The molecule has 142 valence electrons. The highest BCUT2D eigenvalue weighted by Gasteiger charge is 2.33. The Morgan fingerprint density at radius 3 is 2.69 bits per heavy atom. The summed E-state index contributed by atoms with van der Waals surface area (Å²) in [5.41, 5.74) is 1.10. The number of aromatic nitrogens is 1. The molecule has 2 amide bonds. The summed E-state index contributed by atoms with van der Waals surface area (Å²) in [5, 5.41) is 3.15. The Bertz CT molecular complexity index is 581. The third-order valence-corrected chi connectivity index (χ3v) is 6.49. The largest absolute Gasteiger partial charge is 0.338 e. The van der Waals surface area contributed by atoms with Gasteiger partial charge in [0.05, 0.1) is 0 Å². The number of rotatable bonds is 5. The Morgan fingerprint density at radius 1 is 1.12 bits per heavy atom. The fourth-order valence-electron chi connectivity index (χ4n) is 4.96. The first-order valence-corrected chi connectivity index (χ1v) is 10.5. The molecular weight excluding hydrogens is 324 g/mol. The third kappa shape index (κ3) is 4.03. The van der Waals surface area contributed by atoms with E-state index in [2.05, 4.69) is 21.3 Å². The van der Waals surface area contributed by atoms with Gasteiger partial charge in [-0.3, -0.25) is 9.88 Å². The lowest BCUT2D eigenvalue weighted by atomic mass is 9.96. The summed E-state index contributed by atoms with van der Waals surface area (Å²) in [4.78, 5) is 21.4. The van der Waals surface area contributed by atoms with Crippen LogP contribution in [0.25, 0.3) is 0 Å². The van der Waals surface area contributed by atoms with Crippen molar-refractivity contribution in [3.63, 3.8) is 0 Å². The average molecular weight is 357 g/mol. The maximum absolute atomic E-state index is 12.4. The quantitative estimate of drug-likeness (QED) is 0.880. The van der Waals surface area contributed by atoms with Crippen molar-refractivity contribution in [1.29, 1.82) is 0 Å². The number of hydrogen-bond donors (Lipinski definition) is 1. The molecule has 2 saturated heterocycles. The Hall–Kier alpha value is -1.62. The van der Waals surface area contributed by atoms with E-state index in [4.69, 9.17) is 0 Å². The van der Waals surface area contributed by atoms with Gasteiger partial charge in [-0.15, -0.1) is 0 Å². The number of carbonyl (C=O) groups excluding carboxylic acids is 1. The number of nitrogens with zero attached hydrogens (tertiary/aromatic N) is 3. The first-order valence-electron chi connectivity index (χ1n) is 10.5. The molecule has 5 heteroatoms. The lowest BCUT2D eigenvalue weighted by Gasteiger charge is -2.41. The van der Waals surface area contributed by atoms with Crippen LogP contribution in [0.4, 0.5) is 4.79 Å². The lowest BCUT2D eigenvalue weighted by Crippen LogP contribution is -2.53. The van der Waals surface area contributed by atoms with Crippen molar-refractivity contribution in [2.24, 2.45) is 0 Å². The summed E-state index contributed by atoms with van der Waals surface area (Å²) < 4.78 is 0. The summed E-state index contributed by atoms with van der Waals surface area (Å²) >= 11 is 0. The van der Waals surface area contributed by atoms with Crippen LogP contribution in [0, 0.1) is 0 Å². The maximum atomic E-state index is 12.4. The molecule has 3 fully saturated rings. The monoisotopic (exact) mass is 356 g/mol. The summed E-state index contributed by atoms with van der Waals surface area (Å²) in [6.45, 7) is 3.65. The van der Waals surface area contributed by atoms with Crippen LogP contribution in [0.5, 0.6) is 0 Å². The summed E-state index contributed by atoms with van der Waals surface area (Å²) in [5.74, 6) is 0.401. The van der Waals surface area contributed by atoms with Crippen LogP contribution in [0.3, 0.4) is 0 Å². The van der Waals surface area contributed by atoms with E-state index in [0.717, 1.165) is 37.8 Å². The number of urea groups is 1. The highest BCUT2D eigenvalue weighted by Crippen LogP contribution is 2.30.